The molecule has 3 aromatic rings. The Bertz CT molecular complexity index is 821. The molecule has 6 nitrogen and oxygen atoms in total. The SMILES string of the molecule is O=C(Nc1nccs1)N(CCCn1ccnc1)Cc1c(F)cccc1Cl. The Labute approximate surface area is 159 Å². The zero-order chi connectivity index (χ0) is 18.4. The summed E-state index contributed by atoms with van der Waals surface area (Å²) in [5.74, 6) is -0.431. The minimum Gasteiger partial charge on any atom is -0.337 e. The lowest BCUT2D eigenvalue weighted by Gasteiger charge is -2.23. The molecule has 0 unspecified atom stereocenters. The largest absolute Gasteiger partial charge is 0.337 e. The van der Waals surface area contributed by atoms with Crippen LogP contribution in [-0.4, -0.2) is 32.0 Å². The van der Waals surface area contributed by atoms with Gasteiger partial charge in [0.1, 0.15) is 5.82 Å². The van der Waals surface area contributed by atoms with Crippen LogP contribution in [0.3, 0.4) is 0 Å². The van der Waals surface area contributed by atoms with Crippen LogP contribution in [-0.2, 0) is 13.1 Å². The van der Waals surface area contributed by atoms with Gasteiger partial charge in [0, 0.05) is 47.6 Å². The fourth-order valence-electron chi connectivity index (χ4n) is 2.45. The van der Waals surface area contributed by atoms with Gasteiger partial charge in [0.05, 0.1) is 12.9 Å². The van der Waals surface area contributed by atoms with Crippen LogP contribution in [0.4, 0.5) is 14.3 Å². The third-order valence-electron chi connectivity index (χ3n) is 3.75. The molecular formula is C17H17ClFN5OS. The number of benzene rings is 1. The zero-order valence-electron chi connectivity index (χ0n) is 13.8. The molecule has 2 aromatic heterocycles. The summed E-state index contributed by atoms with van der Waals surface area (Å²) in [6.45, 7) is 1.21. The number of hydrogen-bond donors (Lipinski definition) is 1. The number of imidazole rings is 1. The number of halogens is 2. The first-order chi connectivity index (χ1) is 12.6. The normalized spacial score (nSPS) is 10.7. The number of nitrogens with zero attached hydrogens (tertiary/aromatic N) is 4. The summed E-state index contributed by atoms with van der Waals surface area (Å²) >= 11 is 7.44. The Morgan fingerprint density at radius 1 is 1.38 bits per heavy atom. The molecule has 0 saturated heterocycles. The lowest BCUT2D eigenvalue weighted by atomic mass is 10.2. The fraction of sp³-hybridized carbons (Fsp3) is 0.235. The third kappa shape index (κ3) is 4.80. The molecule has 0 spiro atoms. The summed E-state index contributed by atoms with van der Waals surface area (Å²) in [6.07, 6.45) is 7.57. The van der Waals surface area contributed by atoms with Crippen molar-refractivity contribution in [3.8, 4) is 0 Å². The molecule has 0 bridgehead atoms. The number of rotatable bonds is 7. The van der Waals surface area contributed by atoms with Crippen molar-refractivity contribution in [3.63, 3.8) is 0 Å². The zero-order valence-corrected chi connectivity index (χ0v) is 15.4. The van der Waals surface area contributed by atoms with E-state index in [0.717, 1.165) is 0 Å². The highest BCUT2D eigenvalue weighted by Crippen LogP contribution is 2.22. The van der Waals surface area contributed by atoms with Crippen molar-refractivity contribution in [3.05, 3.63) is 64.9 Å². The average Bonchev–Trinajstić information content (AvgIpc) is 3.30. The monoisotopic (exact) mass is 393 g/mol. The summed E-state index contributed by atoms with van der Waals surface area (Å²) in [4.78, 5) is 22.2. The number of urea groups is 1. The molecule has 2 heterocycles. The summed E-state index contributed by atoms with van der Waals surface area (Å²) in [6, 6.07) is 4.15. The highest BCUT2D eigenvalue weighted by molar-refractivity contribution is 7.13. The second-order valence-corrected chi connectivity index (χ2v) is 6.85. The van der Waals surface area contributed by atoms with Crippen LogP contribution in [0.15, 0.2) is 48.5 Å². The maximum atomic E-state index is 14.1. The molecule has 1 N–H and O–H groups in total. The number of nitrogens with one attached hydrogen (secondary N) is 1. The predicted molar refractivity (Wildman–Crippen MR) is 99.8 cm³/mol. The number of thiazole rings is 1. The van der Waals surface area contributed by atoms with Crippen molar-refractivity contribution < 1.29 is 9.18 Å². The standard InChI is InChI=1S/C17H17ClFN5OS/c18-14-3-1-4-15(19)13(14)11-24(8-2-7-23-9-5-20-12-23)17(25)22-16-21-6-10-26-16/h1,3-6,9-10,12H,2,7-8,11H2,(H,21,22,25). The molecular weight excluding hydrogens is 377 g/mol. The van der Waals surface area contributed by atoms with E-state index in [1.807, 2.05) is 10.8 Å². The first kappa shape index (κ1) is 18.3. The summed E-state index contributed by atoms with van der Waals surface area (Å²) in [7, 11) is 0. The Kier molecular flexibility index (Phi) is 6.19. The van der Waals surface area contributed by atoms with Crippen molar-refractivity contribution in [2.45, 2.75) is 19.5 Å². The molecule has 0 atom stereocenters. The number of carbonyl (C=O) groups excluding carboxylic acids is 1. The van der Waals surface area contributed by atoms with Gasteiger partial charge in [-0.1, -0.05) is 17.7 Å². The molecule has 9 heteroatoms. The van der Waals surface area contributed by atoms with Crippen LogP contribution >= 0.6 is 22.9 Å². The molecule has 0 saturated carbocycles. The number of carbonyl (C=O) groups is 1. The maximum absolute atomic E-state index is 14.1. The van der Waals surface area contributed by atoms with Gasteiger partial charge in [0.15, 0.2) is 5.13 Å². The van der Waals surface area contributed by atoms with Gasteiger partial charge in [-0.2, -0.15) is 0 Å². The number of hydrogen-bond acceptors (Lipinski definition) is 4. The molecule has 0 radical (unpaired) electrons. The van der Waals surface area contributed by atoms with E-state index >= 15 is 0 Å². The van der Waals surface area contributed by atoms with E-state index in [2.05, 4.69) is 15.3 Å². The van der Waals surface area contributed by atoms with Gasteiger partial charge in [0.25, 0.3) is 0 Å². The molecule has 0 aliphatic rings. The van der Waals surface area contributed by atoms with Crippen LogP contribution in [0.1, 0.15) is 12.0 Å². The molecule has 0 fully saturated rings. The van der Waals surface area contributed by atoms with E-state index in [4.69, 9.17) is 11.6 Å². The first-order valence-electron chi connectivity index (χ1n) is 7.97. The molecule has 136 valence electrons. The van der Waals surface area contributed by atoms with Crippen LogP contribution in [0.5, 0.6) is 0 Å². The lowest BCUT2D eigenvalue weighted by molar-refractivity contribution is 0.206. The van der Waals surface area contributed by atoms with Gasteiger partial charge in [-0.05, 0) is 18.6 Å². The number of amides is 2. The number of aryl methyl sites for hydroxylation is 1. The molecule has 0 aliphatic heterocycles. The number of anilines is 1. The van der Waals surface area contributed by atoms with Crippen LogP contribution in [0.25, 0.3) is 0 Å². The highest BCUT2D eigenvalue weighted by Gasteiger charge is 2.18. The van der Waals surface area contributed by atoms with Crippen LogP contribution in [0.2, 0.25) is 5.02 Å². The van der Waals surface area contributed by atoms with Gasteiger partial charge in [-0.3, -0.25) is 5.32 Å². The molecule has 26 heavy (non-hydrogen) atoms. The summed E-state index contributed by atoms with van der Waals surface area (Å²) < 4.78 is 16.1. The molecule has 3 rings (SSSR count). The molecule has 0 aliphatic carbocycles. The molecule has 2 amide bonds. The van der Waals surface area contributed by atoms with Crippen LogP contribution < -0.4 is 5.32 Å². The van der Waals surface area contributed by atoms with Crippen LogP contribution in [0, 0.1) is 5.82 Å². The minimum atomic E-state index is -0.431. The summed E-state index contributed by atoms with van der Waals surface area (Å²) in [5.41, 5.74) is 0.297. The minimum absolute atomic E-state index is 0.0760. The van der Waals surface area contributed by atoms with Crippen molar-refractivity contribution >= 4 is 34.1 Å². The van der Waals surface area contributed by atoms with Crippen molar-refractivity contribution in [1.29, 1.82) is 0 Å². The predicted octanol–water partition coefficient (Wildman–Crippen LogP) is 4.26. The lowest BCUT2D eigenvalue weighted by Crippen LogP contribution is -2.36. The fourth-order valence-corrected chi connectivity index (χ4v) is 3.19. The van der Waals surface area contributed by atoms with E-state index in [1.54, 1.807) is 36.2 Å². The second-order valence-electron chi connectivity index (χ2n) is 5.54. The van der Waals surface area contributed by atoms with Gasteiger partial charge < -0.3 is 9.47 Å². The first-order valence-corrected chi connectivity index (χ1v) is 9.23. The second kappa shape index (κ2) is 8.77. The van der Waals surface area contributed by atoms with Crippen molar-refractivity contribution in [1.82, 2.24) is 19.4 Å². The Morgan fingerprint density at radius 2 is 2.27 bits per heavy atom. The van der Waals surface area contributed by atoms with E-state index in [-0.39, 0.29) is 12.6 Å². The van der Waals surface area contributed by atoms with Crippen molar-refractivity contribution in [2.24, 2.45) is 0 Å². The van der Waals surface area contributed by atoms with Gasteiger partial charge in [-0.25, -0.2) is 19.2 Å². The highest BCUT2D eigenvalue weighted by atomic mass is 35.5. The van der Waals surface area contributed by atoms with Gasteiger partial charge in [-0.15, -0.1) is 11.3 Å². The maximum Gasteiger partial charge on any atom is 0.323 e. The van der Waals surface area contributed by atoms with Crippen molar-refractivity contribution in [2.75, 3.05) is 11.9 Å². The van der Waals surface area contributed by atoms with Gasteiger partial charge in [0.2, 0.25) is 0 Å². The van der Waals surface area contributed by atoms with E-state index < -0.39 is 5.82 Å². The Balaban J connectivity index is 1.70. The molecule has 1 aromatic carbocycles. The van der Waals surface area contributed by atoms with E-state index in [0.29, 0.717) is 35.2 Å². The Morgan fingerprint density at radius 3 is 2.96 bits per heavy atom. The smallest absolute Gasteiger partial charge is 0.323 e. The summed E-state index contributed by atoms with van der Waals surface area (Å²) in [5, 5.41) is 5.30. The van der Waals surface area contributed by atoms with E-state index in [9.17, 15) is 9.18 Å². The Hall–Kier alpha value is -2.45. The average molecular weight is 394 g/mol. The van der Waals surface area contributed by atoms with Gasteiger partial charge >= 0.3 is 6.03 Å². The number of aromatic nitrogens is 3. The van der Waals surface area contributed by atoms with E-state index in [1.165, 1.54) is 22.3 Å². The third-order valence-corrected chi connectivity index (χ3v) is 4.79. The quantitative estimate of drug-likeness (QED) is 0.652. The topological polar surface area (TPSA) is 63.1 Å².